The van der Waals surface area contributed by atoms with Gasteiger partial charge in [-0.1, -0.05) is 18.2 Å². The highest BCUT2D eigenvalue weighted by molar-refractivity contribution is 7.89. The molecule has 23 heavy (non-hydrogen) atoms. The van der Waals surface area contributed by atoms with Gasteiger partial charge in [-0.2, -0.15) is 13.2 Å². The van der Waals surface area contributed by atoms with E-state index in [4.69, 9.17) is 0 Å². The van der Waals surface area contributed by atoms with Gasteiger partial charge in [-0.15, -0.1) is 0 Å². The summed E-state index contributed by atoms with van der Waals surface area (Å²) in [6, 6.07) is 5.95. The van der Waals surface area contributed by atoms with Gasteiger partial charge in [-0.25, -0.2) is 21.9 Å². The molecule has 0 fully saturated rings. The number of benzene rings is 2. The minimum Gasteiger partial charge on any atom is -0.207 e. The van der Waals surface area contributed by atoms with Crippen LogP contribution >= 0.6 is 0 Å². The molecule has 0 aliphatic heterocycles. The van der Waals surface area contributed by atoms with E-state index >= 15 is 0 Å². The maximum absolute atomic E-state index is 13.5. The van der Waals surface area contributed by atoms with Gasteiger partial charge in [-0.05, 0) is 23.8 Å². The molecular weight excluding hydrogens is 341 g/mol. The molecule has 2 aromatic carbocycles. The van der Waals surface area contributed by atoms with Crippen molar-refractivity contribution < 1.29 is 30.4 Å². The molecule has 2 rings (SSSR count). The van der Waals surface area contributed by atoms with Gasteiger partial charge in [-0.3, -0.25) is 0 Å². The Morgan fingerprint density at radius 2 is 1.70 bits per heavy atom. The summed E-state index contributed by atoms with van der Waals surface area (Å²) >= 11 is 0. The van der Waals surface area contributed by atoms with Crippen LogP contribution in [0.2, 0.25) is 0 Å². The fraction of sp³-hybridized carbons (Fsp3) is 0.143. The lowest BCUT2D eigenvalue weighted by Gasteiger charge is -2.10. The van der Waals surface area contributed by atoms with Crippen LogP contribution < -0.4 is 4.72 Å². The summed E-state index contributed by atoms with van der Waals surface area (Å²) < 4.78 is 89.8. The summed E-state index contributed by atoms with van der Waals surface area (Å²) in [6.07, 6.45) is -4.56. The molecule has 2 aromatic rings. The molecular formula is C14H10F5NO2S. The quantitative estimate of drug-likeness (QED) is 0.858. The van der Waals surface area contributed by atoms with E-state index in [1.807, 2.05) is 4.72 Å². The molecule has 0 radical (unpaired) electrons. The third-order valence-electron chi connectivity index (χ3n) is 2.90. The van der Waals surface area contributed by atoms with Crippen molar-refractivity contribution in [3.8, 4) is 0 Å². The van der Waals surface area contributed by atoms with Crippen LogP contribution in [0, 0.1) is 11.6 Å². The number of nitrogens with one attached hydrogen (secondary N) is 1. The van der Waals surface area contributed by atoms with Gasteiger partial charge in [0.2, 0.25) is 10.0 Å². The molecule has 0 aliphatic carbocycles. The van der Waals surface area contributed by atoms with E-state index in [9.17, 15) is 30.4 Å². The molecule has 0 bridgehead atoms. The first-order chi connectivity index (χ1) is 10.6. The number of halogens is 5. The second-order valence-corrected chi connectivity index (χ2v) is 6.33. The van der Waals surface area contributed by atoms with Crippen molar-refractivity contribution in [2.45, 2.75) is 17.6 Å². The molecule has 3 nitrogen and oxygen atoms in total. The zero-order chi connectivity index (χ0) is 17.3. The Balaban J connectivity index is 2.20. The van der Waals surface area contributed by atoms with Crippen molar-refractivity contribution in [2.24, 2.45) is 0 Å². The van der Waals surface area contributed by atoms with Crippen LogP contribution in [0.4, 0.5) is 22.0 Å². The van der Waals surface area contributed by atoms with Gasteiger partial charge in [0.1, 0.15) is 16.5 Å². The fourth-order valence-electron chi connectivity index (χ4n) is 1.81. The molecule has 0 saturated carbocycles. The van der Waals surface area contributed by atoms with Gasteiger partial charge in [0.25, 0.3) is 0 Å². The Morgan fingerprint density at radius 1 is 1.00 bits per heavy atom. The van der Waals surface area contributed by atoms with Crippen molar-refractivity contribution in [2.75, 3.05) is 0 Å². The topological polar surface area (TPSA) is 46.2 Å². The molecule has 0 heterocycles. The van der Waals surface area contributed by atoms with Crippen LogP contribution in [0.15, 0.2) is 47.4 Å². The Hall–Kier alpha value is -2.00. The van der Waals surface area contributed by atoms with Gasteiger partial charge in [0.15, 0.2) is 0 Å². The Bertz CT molecular complexity index is 818. The summed E-state index contributed by atoms with van der Waals surface area (Å²) in [6.45, 7) is -0.469. The van der Waals surface area contributed by atoms with Crippen molar-refractivity contribution in [1.82, 2.24) is 4.72 Å². The lowest BCUT2D eigenvalue weighted by Crippen LogP contribution is -2.24. The normalized spacial score (nSPS) is 12.4. The standard InChI is InChI=1S/C14H10F5NO2S/c15-11-4-5-13(12(16)7-11)23(21,22)20-8-9-2-1-3-10(6-9)14(17,18)19/h1-7,20H,8H2. The molecule has 0 amide bonds. The van der Waals surface area contributed by atoms with Crippen LogP contribution in [-0.4, -0.2) is 8.42 Å². The fourth-order valence-corrected chi connectivity index (χ4v) is 2.88. The maximum Gasteiger partial charge on any atom is 0.416 e. The summed E-state index contributed by atoms with van der Waals surface area (Å²) in [5, 5.41) is 0. The first kappa shape index (κ1) is 17.4. The second kappa shape index (κ2) is 6.25. The first-order valence-corrected chi connectivity index (χ1v) is 7.69. The summed E-state index contributed by atoms with van der Waals surface area (Å²) in [7, 11) is -4.33. The number of hydrogen-bond acceptors (Lipinski definition) is 2. The van der Waals surface area contributed by atoms with E-state index in [2.05, 4.69) is 0 Å². The molecule has 124 valence electrons. The van der Waals surface area contributed by atoms with Crippen LogP contribution in [0.1, 0.15) is 11.1 Å². The molecule has 0 aliphatic rings. The summed E-state index contributed by atoms with van der Waals surface area (Å²) in [5.41, 5.74) is -0.881. The highest BCUT2D eigenvalue weighted by Gasteiger charge is 2.30. The van der Waals surface area contributed by atoms with Crippen LogP contribution in [0.25, 0.3) is 0 Å². The second-order valence-electron chi connectivity index (χ2n) is 4.60. The van der Waals surface area contributed by atoms with E-state index in [0.29, 0.717) is 6.07 Å². The smallest absolute Gasteiger partial charge is 0.207 e. The first-order valence-electron chi connectivity index (χ1n) is 6.20. The Kier molecular flexibility index (Phi) is 4.71. The number of sulfonamides is 1. The van der Waals surface area contributed by atoms with Crippen LogP contribution in [0.5, 0.6) is 0 Å². The van der Waals surface area contributed by atoms with Gasteiger partial charge in [0.05, 0.1) is 5.56 Å². The zero-order valence-corrected chi connectivity index (χ0v) is 12.2. The zero-order valence-electron chi connectivity index (χ0n) is 11.4. The predicted molar refractivity (Wildman–Crippen MR) is 71.8 cm³/mol. The average Bonchev–Trinajstić information content (AvgIpc) is 2.44. The maximum atomic E-state index is 13.5. The monoisotopic (exact) mass is 351 g/mol. The van der Waals surface area contributed by atoms with E-state index < -0.39 is 44.8 Å². The molecule has 0 aromatic heterocycles. The van der Waals surface area contributed by atoms with Gasteiger partial charge < -0.3 is 0 Å². The molecule has 0 spiro atoms. The summed E-state index contributed by atoms with van der Waals surface area (Å²) in [4.78, 5) is -0.786. The van der Waals surface area contributed by atoms with Crippen molar-refractivity contribution in [3.05, 3.63) is 65.2 Å². The minimum atomic E-state index is -4.56. The van der Waals surface area contributed by atoms with E-state index in [1.165, 1.54) is 6.07 Å². The average molecular weight is 351 g/mol. The molecule has 0 saturated heterocycles. The lowest BCUT2D eigenvalue weighted by atomic mass is 10.1. The predicted octanol–water partition coefficient (Wildman–Crippen LogP) is 3.46. The molecule has 0 atom stereocenters. The van der Waals surface area contributed by atoms with E-state index in [-0.39, 0.29) is 5.56 Å². The molecule has 1 N–H and O–H groups in total. The van der Waals surface area contributed by atoms with Crippen LogP contribution in [0.3, 0.4) is 0 Å². The largest absolute Gasteiger partial charge is 0.416 e. The van der Waals surface area contributed by atoms with E-state index in [1.54, 1.807) is 0 Å². The SMILES string of the molecule is O=S(=O)(NCc1cccc(C(F)(F)F)c1)c1ccc(F)cc1F. The van der Waals surface area contributed by atoms with Crippen molar-refractivity contribution in [3.63, 3.8) is 0 Å². The third kappa shape index (κ3) is 4.26. The molecule has 9 heteroatoms. The number of rotatable bonds is 4. The third-order valence-corrected chi connectivity index (χ3v) is 4.34. The number of hydrogen-bond donors (Lipinski definition) is 1. The minimum absolute atomic E-state index is 0.0471. The van der Waals surface area contributed by atoms with Crippen LogP contribution in [-0.2, 0) is 22.7 Å². The number of alkyl halides is 3. The highest BCUT2D eigenvalue weighted by Crippen LogP contribution is 2.29. The Morgan fingerprint density at radius 3 is 2.30 bits per heavy atom. The highest BCUT2D eigenvalue weighted by atomic mass is 32.2. The molecule has 0 unspecified atom stereocenters. The lowest BCUT2D eigenvalue weighted by molar-refractivity contribution is -0.137. The van der Waals surface area contributed by atoms with E-state index in [0.717, 1.165) is 30.3 Å². The van der Waals surface area contributed by atoms with Crippen molar-refractivity contribution >= 4 is 10.0 Å². The Labute approximate surface area is 128 Å². The van der Waals surface area contributed by atoms with Crippen molar-refractivity contribution in [1.29, 1.82) is 0 Å². The summed E-state index contributed by atoms with van der Waals surface area (Å²) in [5.74, 6) is -2.24. The van der Waals surface area contributed by atoms with Gasteiger partial charge >= 0.3 is 6.18 Å². The van der Waals surface area contributed by atoms with Gasteiger partial charge in [0, 0.05) is 12.6 Å².